The molecule has 2 heterocycles. The Morgan fingerprint density at radius 2 is 2.04 bits per heavy atom. The van der Waals surface area contributed by atoms with Crippen LogP contribution >= 0.6 is 11.6 Å². The molecule has 0 radical (unpaired) electrons. The van der Waals surface area contributed by atoms with Crippen molar-refractivity contribution in [1.82, 2.24) is 4.98 Å². The van der Waals surface area contributed by atoms with Crippen molar-refractivity contribution in [3.8, 4) is 11.9 Å². The molecule has 1 aromatic heterocycles. The highest BCUT2D eigenvalue weighted by Gasteiger charge is 2.26. The van der Waals surface area contributed by atoms with Gasteiger partial charge in [0.05, 0.1) is 23.3 Å². The fourth-order valence-corrected chi connectivity index (χ4v) is 3.38. The number of rotatable bonds is 3. The third kappa shape index (κ3) is 3.24. The van der Waals surface area contributed by atoms with E-state index in [2.05, 4.69) is 16.0 Å². The Morgan fingerprint density at radius 1 is 1.16 bits per heavy atom. The molecule has 1 aliphatic rings. The summed E-state index contributed by atoms with van der Waals surface area (Å²) >= 11 is 6.01. The number of hydrogen-bond acceptors (Lipinski definition) is 4. The zero-order valence-corrected chi connectivity index (χ0v) is 14.3. The first kappa shape index (κ1) is 15.7. The molecule has 0 bridgehead atoms. The highest BCUT2D eigenvalue weighted by molar-refractivity contribution is 6.31. The lowest BCUT2D eigenvalue weighted by Gasteiger charge is -2.20. The van der Waals surface area contributed by atoms with Gasteiger partial charge in [0.15, 0.2) is 0 Å². The van der Waals surface area contributed by atoms with Gasteiger partial charge in [0.2, 0.25) is 5.88 Å². The molecular formula is C20H16ClN3O. The van der Waals surface area contributed by atoms with E-state index in [0.717, 1.165) is 36.1 Å². The summed E-state index contributed by atoms with van der Waals surface area (Å²) in [5.74, 6) is 0.621. The van der Waals surface area contributed by atoms with Gasteiger partial charge in [0, 0.05) is 29.4 Å². The van der Waals surface area contributed by atoms with Crippen molar-refractivity contribution < 1.29 is 4.74 Å². The van der Waals surface area contributed by atoms with E-state index in [1.54, 1.807) is 0 Å². The number of nitrogens with zero attached hydrogens (tertiary/aromatic N) is 3. The Kier molecular flexibility index (Phi) is 4.17. The summed E-state index contributed by atoms with van der Waals surface area (Å²) in [6, 6.07) is 19.4. The third-order valence-electron chi connectivity index (χ3n) is 4.42. The lowest BCUT2D eigenvalue weighted by molar-refractivity contribution is 0.216. The van der Waals surface area contributed by atoms with E-state index >= 15 is 0 Å². The van der Waals surface area contributed by atoms with Crippen molar-refractivity contribution in [2.45, 2.75) is 12.5 Å². The topological polar surface area (TPSA) is 49.2 Å². The normalized spacial score (nSPS) is 16.8. The van der Waals surface area contributed by atoms with Crippen LogP contribution in [0.5, 0.6) is 5.88 Å². The number of hydrogen-bond donors (Lipinski definition) is 0. The van der Waals surface area contributed by atoms with Gasteiger partial charge in [-0.2, -0.15) is 5.26 Å². The predicted molar refractivity (Wildman–Crippen MR) is 99.2 cm³/mol. The molecule has 4 rings (SSSR count). The van der Waals surface area contributed by atoms with E-state index in [9.17, 15) is 5.26 Å². The quantitative estimate of drug-likeness (QED) is 0.702. The maximum atomic E-state index is 9.27. The van der Waals surface area contributed by atoms with Gasteiger partial charge in [-0.15, -0.1) is 0 Å². The van der Waals surface area contributed by atoms with Gasteiger partial charge in [-0.1, -0.05) is 23.7 Å². The number of para-hydroxylation sites is 1. The summed E-state index contributed by atoms with van der Waals surface area (Å²) in [4.78, 5) is 6.76. The highest BCUT2D eigenvalue weighted by atomic mass is 35.5. The average Bonchev–Trinajstić information content (AvgIpc) is 3.10. The number of fused-ring (bicyclic) bond motifs is 1. The number of nitriles is 1. The second kappa shape index (κ2) is 6.62. The largest absolute Gasteiger partial charge is 0.472 e. The molecule has 0 spiro atoms. The standard InChI is InChI=1S/C20H16ClN3O/c21-16-6-7-18-14(11-16)5-8-20(23-18)25-17-9-10-24(13-17)19-4-2-1-3-15(19)12-22/h1-8,11,17H,9-10,13H2. The molecular weight excluding hydrogens is 334 g/mol. The van der Waals surface area contributed by atoms with Crippen molar-refractivity contribution in [3.05, 3.63) is 65.2 Å². The minimum Gasteiger partial charge on any atom is -0.472 e. The van der Waals surface area contributed by atoms with Crippen LogP contribution in [0.4, 0.5) is 5.69 Å². The molecule has 124 valence electrons. The number of benzene rings is 2. The lowest BCUT2D eigenvalue weighted by atomic mass is 10.2. The Hall–Kier alpha value is -2.77. The Labute approximate surface area is 151 Å². The minimum atomic E-state index is 0.0593. The molecule has 1 aliphatic heterocycles. The number of pyridine rings is 1. The highest BCUT2D eigenvalue weighted by Crippen LogP contribution is 2.27. The Morgan fingerprint density at radius 3 is 2.92 bits per heavy atom. The van der Waals surface area contributed by atoms with E-state index in [1.807, 2.05) is 54.6 Å². The van der Waals surface area contributed by atoms with E-state index in [1.165, 1.54) is 0 Å². The molecule has 3 aromatic rings. The maximum Gasteiger partial charge on any atom is 0.214 e. The predicted octanol–water partition coefficient (Wildman–Crippen LogP) is 4.42. The fourth-order valence-electron chi connectivity index (χ4n) is 3.20. The molecule has 1 atom stereocenters. The molecule has 2 aromatic carbocycles. The number of halogens is 1. The third-order valence-corrected chi connectivity index (χ3v) is 4.66. The number of anilines is 1. The van der Waals surface area contributed by atoms with Crippen LogP contribution in [0.25, 0.3) is 10.9 Å². The zero-order valence-electron chi connectivity index (χ0n) is 13.5. The lowest BCUT2D eigenvalue weighted by Crippen LogP contribution is -2.25. The van der Waals surface area contributed by atoms with Gasteiger partial charge < -0.3 is 9.64 Å². The van der Waals surface area contributed by atoms with Crippen LogP contribution < -0.4 is 9.64 Å². The zero-order chi connectivity index (χ0) is 17.2. The molecule has 0 amide bonds. The van der Waals surface area contributed by atoms with Crippen LogP contribution in [0.2, 0.25) is 5.02 Å². The second-order valence-electron chi connectivity index (χ2n) is 6.09. The Balaban J connectivity index is 1.49. The minimum absolute atomic E-state index is 0.0593. The molecule has 0 saturated carbocycles. The summed E-state index contributed by atoms with van der Waals surface area (Å²) < 4.78 is 6.07. The monoisotopic (exact) mass is 349 g/mol. The first-order valence-electron chi connectivity index (χ1n) is 8.20. The van der Waals surface area contributed by atoms with Gasteiger partial charge in [-0.05, 0) is 36.4 Å². The molecule has 5 heteroatoms. The summed E-state index contributed by atoms with van der Waals surface area (Å²) in [5, 5.41) is 11.0. The molecule has 25 heavy (non-hydrogen) atoms. The van der Waals surface area contributed by atoms with Gasteiger partial charge in [0.25, 0.3) is 0 Å². The SMILES string of the molecule is N#Cc1ccccc1N1CCC(Oc2ccc3cc(Cl)ccc3n2)C1. The van der Waals surface area contributed by atoms with E-state index < -0.39 is 0 Å². The summed E-state index contributed by atoms with van der Waals surface area (Å²) in [5.41, 5.74) is 2.53. The van der Waals surface area contributed by atoms with E-state index in [4.69, 9.17) is 16.3 Å². The van der Waals surface area contributed by atoms with Crippen molar-refractivity contribution >= 4 is 28.2 Å². The van der Waals surface area contributed by atoms with Crippen LogP contribution in [0.1, 0.15) is 12.0 Å². The van der Waals surface area contributed by atoms with Crippen LogP contribution in [-0.4, -0.2) is 24.2 Å². The first-order valence-corrected chi connectivity index (χ1v) is 8.58. The smallest absolute Gasteiger partial charge is 0.214 e. The van der Waals surface area contributed by atoms with Crippen LogP contribution in [-0.2, 0) is 0 Å². The van der Waals surface area contributed by atoms with E-state index in [0.29, 0.717) is 16.5 Å². The molecule has 0 aliphatic carbocycles. The van der Waals surface area contributed by atoms with Crippen molar-refractivity contribution in [1.29, 1.82) is 5.26 Å². The fraction of sp³-hybridized carbons (Fsp3) is 0.200. The van der Waals surface area contributed by atoms with Crippen molar-refractivity contribution in [2.75, 3.05) is 18.0 Å². The van der Waals surface area contributed by atoms with Crippen LogP contribution in [0, 0.1) is 11.3 Å². The molecule has 1 unspecified atom stereocenters. The van der Waals surface area contributed by atoms with Crippen LogP contribution in [0.3, 0.4) is 0 Å². The number of ether oxygens (including phenoxy) is 1. The van der Waals surface area contributed by atoms with Gasteiger partial charge in [-0.25, -0.2) is 4.98 Å². The molecule has 1 saturated heterocycles. The second-order valence-corrected chi connectivity index (χ2v) is 6.53. The van der Waals surface area contributed by atoms with Gasteiger partial charge in [-0.3, -0.25) is 0 Å². The number of aromatic nitrogens is 1. The Bertz CT molecular complexity index is 967. The summed E-state index contributed by atoms with van der Waals surface area (Å²) in [6.07, 6.45) is 0.962. The maximum absolute atomic E-state index is 9.27. The van der Waals surface area contributed by atoms with E-state index in [-0.39, 0.29) is 6.10 Å². The molecule has 1 fully saturated rings. The summed E-state index contributed by atoms with van der Waals surface area (Å²) in [6.45, 7) is 1.62. The molecule has 4 nitrogen and oxygen atoms in total. The van der Waals surface area contributed by atoms with Crippen molar-refractivity contribution in [3.63, 3.8) is 0 Å². The first-order chi connectivity index (χ1) is 12.2. The van der Waals surface area contributed by atoms with Gasteiger partial charge in [0.1, 0.15) is 12.2 Å². The van der Waals surface area contributed by atoms with Crippen LogP contribution in [0.15, 0.2) is 54.6 Å². The van der Waals surface area contributed by atoms with Crippen molar-refractivity contribution in [2.24, 2.45) is 0 Å². The average molecular weight is 350 g/mol. The molecule has 0 N–H and O–H groups in total. The van der Waals surface area contributed by atoms with Gasteiger partial charge >= 0.3 is 0 Å². The summed E-state index contributed by atoms with van der Waals surface area (Å²) in [7, 11) is 0.